The number of carbonyl (C=O) groups is 2. The maximum absolute atomic E-state index is 13.3. The molecule has 2 fully saturated rings. The molecule has 2 amide bonds. The fourth-order valence-electron chi connectivity index (χ4n) is 5.08. The number of amides is 2. The molecule has 2 saturated heterocycles. The molecule has 2 unspecified atom stereocenters. The highest BCUT2D eigenvalue weighted by molar-refractivity contribution is 5.96. The minimum absolute atomic E-state index is 0.00835. The first kappa shape index (κ1) is 22.5. The monoisotopic (exact) mass is 441 g/mol. The third-order valence-electron chi connectivity index (χ3n) is 6.61. The van der Waals surface area contributed by atoms with Crippen LogP contribution in [-0.4, -0.2) is 64.6 Å². The van der Waals surface area contributed by atoms with E-state index >= 15 is 0 Å². The van der Waals surface area contributed by atoms with Crippen molar-refractivity contribution in [2.24, 2.45) is 5.92 Å². The molecule has 0 spiro atoms. The van der Waals surface area contributed by atoms with E-state index in [0.29, 0.717) is 44.6 Å². The van der Waals surface area contributed by atoms with Gasteiger partial charge in [0.1, 0.15) is 5.82 Å². The number of piperidine rings is 1. The van der Waals surface area contributed by atoms with Crippen LogP contribution >= 0.6 is 0 Å². The topological polar surface area (TPSA) is 54.8 Å². The lowest BCUT2D eigenvalue weighted by Crippen LogP contribution is -2.51. The Balaban J connectivity index is 1.42. The molecule has 2 atom stereocenters. The number of nitrogens with zero attached hydrogens (tertiary/aromatic N) is 3. The van der Waals surface area contributed by atoms with Crippen molar-refractivity contribution in [1.82, 2.24) is 14.4 Å². The number of morpholine rings is 1. The first-order valence-corrected chi connectivity index (χ1v) is 11.4. The lowest BCUT2D eigenvalue weighted by molar-refractivity contribution is -0.148. The van der Waals surface area contributed by atoms with E-state index in [0.717, 1.165) is 17.1 Å². The highest BCUT2D eigenvalue weighted by Crippen LogP contribution is 2.26. The molecule has 0 N–H and O–H groups in total. The SMILES string of the molecule is Cc1cc(C(=O)N2CCC(C(=O)N3CC(C)OC(C)C3)CC2)c(C)n1-c1ccc(F)cc1. The van der Waals surface area contributed by atoms with Gasteiger partial charge >= 0.3 is 0 Å². The van der Waals surface area contributed by atoms with Crippen LogP contribution < -0.4 is 0 Å². The Morgan fingerprint density at radius 1 is 0.969 bits per heavy atom. The Kier molecular flexibility index (Phi) is 6.38. The van der Waals surface area contributed by atoms with Crippen molar-refractivity contribution < 1.29 is 18.7 Å². The molecule has 0 aliphatic carbocycles. The Labute approximate surface area is 188 Å². The van der Waals surface area contributed by atoms with Gasteiger partial charge in [-0.2, -0.15) is 0 Å². The highest BCUT2D eigenvalue weighted by Gasteiger charge is 2.34. The van der Waals surface area contributed by atoms with Crippen LogP contribution in [0.4, 0.5) is 4.39 Å². The third kappa shape index (κ3) is 4.44. The second-order valence-corrected chi connectivity index (χ2v) is 9.16. The molecule has 172 valence electrons. The van der Waals surface area contributed by atoms with Crippen LogP contribution in [0, 0.1) is 25.6 Å². The predicted molar refractivity (Wildman–Crippen MR) is 120 cm³/mol. The molecule has 2 aliphatic rings. The van der Waals surface area contributed by atoms with Crippen molar-refractivity contribution in [2.75, 3.05) is 26.2 Å². The Hall–Kier alpha value is -2.67. The summed E-state index contributed by atoms with van der Waals surface area (Å²) in [6, 6.07) is 8.18. The summed E-state index contributed by atoms with van der Waals surface area (Å²) in [5.74, 6) is -0.145. The molecule has 3 heterocycles. The van der Waals surface area contributed by atoms with E-state index in [9.17, 15) is 14.0 Å². The van der Waals surface area contributed by atoms with Crippen LogP contribution in [0.3, 0.4) is 0 Å². The van der Waals surface area contributed by atoms with Gasteiger partial charge in [0.2, 0.25) is 5.91 Å². The number of ether oxygens (including phenoxy) is 1. The first-order valence-electron chi connectivity index (χ1n) is 11.4. The van der Waals surface area contributed by atoms with Gasteiger partial charge in [-0.15, -0.1) is 0 Å². The Bertz CT molecular complexity index is 983. The van der Waals surface area contributed by atoms with E-state index in [1.807, 2.05) is 48.1 Å². The maximum Gasteiger partial charge on any atom is 0.255 e. The zero-order valence-corrected chi connectivity index (χ0v) is 19.3. The van der Waals surface area contributed by atoms with Gasteiger partial charge in [0.25, 0.3) is 5.91 Å². The molecule has 2 aromatic rings. The predicted octanol–water partition coefficient (Wildman–Crippen LogP) is 3.72. The van der Waals surface area contributed by atoms with Gasteiger partial charge in [-0.3, -0.25) is 9.59 Å². The van der Waals surface area contributed by atoms with Crippen LogP contribution in [0.2, 0.25) is 0 Å². The van der Waals surface area contributed by atoms with Crippen molar-refractivity contribution in [3.05, 3.63) is 53.1 Å². The molecule has 6 nitrogen and oxygen atoms in total. The molecular weight excluding hydrogens is 409 g/mol. The van der Waals surface area contributed by atoms with Gasteiger partial charge in [-0.1, -0.05) is 0 Å². The number of rotatable bonds is 3. The number of hydrogen-bond donors (Lipinski definition) is 0. The van der Waals surface area contributed by atoms with E-state index in [1.54, 1.807) is 12.1 Å². The van der Waals surface area contributed by atoms with E-state index in [1.165, 1.54) is 12.1 Å². The molecule has 1 aromatic carbocycles. The number of halogens is 1. The van der Waals surface area contributed by atoms with Crippen molar-refractivity contribution in [3.8, 4) is 5.69 Å². The van der Waals surface area contributed by atoms with Gasteiger partial charge in [0.15, 0.2) is 0 Å². The Morgan fingerprint density at radius 2 is 1.56 bits per heavy atom. The van der Waals surface area contributed by atoms with Crippen molar-refractivity contribution in [1.29, 1.82) is 0 Å². The maximum atomic E-state index is 13.3. The first-order chi connectivity index (χ1) is 15.2. The van der Waals surface area contributed by atoms with Crippen LogP contribution in [0.15, 0.2) is 30.3 Å². The lowest BCUT2D eigenvalue weighted by Gasteiger charge is -2.39. The van der Waals surface area contributed by atoms with Crippen molar-refractivity contribution in [2.45, 2.75) is 52.7 Å². The highest BCUT2D eigenvalue weighted by atomic mass is 19.1. The summed E-state index contributed by atoms with van der Waals surface area (Å²) < 4.78 is 21.0. The van der Waals surface area contributed by atoms with E-state index < -0.39 is 0 Å². The summed E-state index contributed by atoms with van der Waals surface area (Å²) in [5.41, 5.74) is 3.26. The zero-order chi connectivity index (χ0) is 23.0. The fourth-order valence-corrected chi connectivity index (χ4v) is 5.08. The standard InChI is InChI=1S/C25H32FN3O3/c1-16-13-23(19(4)29(16)22-7-5-21(26)6-8-22)25(31)27-11-9-20(10-12-27)24(30)28-14-17(2)32-18(3)15-28/h5-8,13,17-18,20H,9-12,14-15H2,1-4H3. The molecule has 0 saturated carbocycles. The van der Waals surface area contributed by atoms with Gasteiger partial charge in [-0.25, -0.2) is 4.39 Å². The van der Waals surface area contributed by atoms with E-state index in [-0.39, 0.29) is 35.8 Å². The van der Waals surface area contributed by atoms with Crippen LogP contribution in [0.5, 0.6) is 0 Å². The number of carbonyl (C=O) groups excluding carboxylic acids is 2. The minimum Gasteiger partial charge on any atom is -0.372 e. The summed E-state index contributed by atoms with van der Waals surface area (Å²) in [6.45, 7) is 10.3. The summed E-state index contributed by atoms with van der Waals surface area (Å²) in [5, 5.41) is 0. The largest absolute Gasteiger partial charge is 0.372 e. The van der Waals surface area contributed by atoms with Crippen LogP contribution in [0.25, 0.3) is 5.69 Å². The van der Waals surface area contributed by atoms with Crippen molar-refractivity contribution >= 4 is 11.8 Å². The minimum atomic E-state index is -0.286. The average molecular weight is 442 g/mol. The average Bonchev–Trinajstić information content (AvgIpc) is 3.07. The van der Waals surface area contributed by atoms with E-state index in [4.69, 9.17) is 4.74 Å². The van der Waals surface area contributed by atoms with Crippen LogP contribution in [-0.2, 0) is 9.53 Å². The number of benzene rings is 1. The molecule has 32 heavy (non-hydrogen) atoms. The summed E-state index contributed by atoms with van der Waals surface area (Å²) in [6.07, 6.45) is 1.48. The summed E-state index contributed by atoms with van der Waals surface area (Å²) >= 11 is 0. The molecule has 1 aromatic heterocycles. The second-order valence-electron chi connectivity index (χ2n) is 9.16. The molecule has 0 radical (unpaired) electrons. The van der Waals surface area contributed by atoms with Crippen LogP contribution in [0.1, 0.15) is 48.4 Å². The molecular formula is C25H32FN3O3. The number of hydrogen-bond acceptors (Lipinski definition) is 3. The second kappa shape index (κ2) is 9.06. The van der Waals surface area contributed by atoms with Crippen molar-refractivity contribution in [3.63, 3.8) is 0 Å². The van der Waals surface area contributed by atoms with Gasteiger partial charge in [0.05, 0.1) is 17.8 Å². The zero-order valence-electron chi connectivity index (χ0n) is 19.3. The molecule has 7 heteroatoms. The molecule has 2 aliphatic heterocycles. The Morgan fingerprint density at radius 3 is 2.16 bits per heavy atom. The smallest absolute Gasteiger partial charge is 0.255 e. The fraction of sp³-hybridized carbons (Fsp3) is 0.520. The number of likely N-dealkylation sites (tertiary alicyclic amines) is 1. The quantitative estimate of drug-likeness (QED) is 0.730. The summed E-state index contributed by atoms with van der Waals surface area (Å²) in [7, 11) is 0. The van der Waals surface area contributed by atoms with Gasteiger partial charge in [0, 0.05) is 49.2 Å². The number of aromatic nitrogens is 1. The number of aryl methyl sites for hydroxylation is 1. The summed E-state index contributed by atoms with van der Waals surface area (Å²) in [4.78, 5) is 30.1. The molecule has 0 bridgehead atoms. The van der Waals surface area contributed by atoms with Gasteiger partial charge < -0.3 is 19.1 Å². The lowest BCUT2D eigenvalue weighted by atomic mass is 9.94. The van der Waals surface area contributed by atoms with Gasteiger partial charge in [-0.05, 0) is 70.9 Å². The normalized spacial score (nSPS) is 22.3. The third-order valence-corrected chi connectivity index (χ3v) is 6.61. The van der Waals surface area contributed by atoms with E-state index in [2.05, 4.69) is 0 Å². The molecule has 4 rings (SSSR count).